The predicted molar refractivity (Wildman–Crippen MR) is 173 cm³/mol. The van der Waals surface area contributed by atoms with E-state index in [1.54, 1.807) is 37.0 Å². The van der Waals surface area contributed by atoms with Gasteiger partial charge in [-0.1, -0.05) is 60.2 Å². The maximum absolute atomic E-state index is 13.8. The molecular weight excluding hydrogens is 554 g/mol. The monoisotopic (exact) mass is 589 g/mol. The first kappa shape index (κ1) is 30.1. The van der Waals surface area contributed by atoms with E-state index in [1.807, 2.05) is 85.8 Å². The summed E-state index contributed by atoms with van der Waals surface area (Å²) in [6.07, 6.45) is 0.782. The number of rotatable bonds is 11. The second-order valence-electron chi connectivity index (χ2n) is 10.6. The first-order chi connectivity index (χ1) is 21.3. The molecule has 5 rings (SSSR count). The van der Waals surface area contributed by atoms with Gasteiger partial charge in [0.25, 0.3) is 11.5 Å². The van der Waals surface area contributed by atoms with Gasteiger partial charge < -0.3 is 24.7 Å². The van der Waals surface area contributed by atoms with Crippen molar-refractivity contribution in [2.45, 2.75) is 26.3 Å². The van der Waals surface area contributed by atoms with E-state index in [0.717, 1.165) is 16.7 Å². The van der Waals surface area contributed by atoms with Crippen LogP contribution in [0.1, 0.15) is 32.6 Å². The number of carbonyl (C=O) groups excluding carboxylic acids is 2. The van der Waals surface area contributed by atoms with Crippen molar-refractivity contribution in [3.63, 3.8) is 0 Å². The minimum atomic E-state index is -0.466. The summed E-state index contributed by atoms with van der Waals surface area (Å²) in [7, 11) is 3.19. The average Bonchev–Trinajstić information content (AvgIpc) is 3.04. The summed E-state index contributed by atoms with van der Waals surface area (Å²) in [5.74, 6) is 0.726. The zero-order chi connectivity index (χ0) is 31.1. The predicted octanol–water partition coefficient (Wildman–Crippen LogP) is 5.53. The Morgan fingerprint density at radius 1 is 0.773 bits per heavy atom. The summed E-state index contributed by atoms with van der Waals surface area (Å²) in [5, 5.41) is 6.49. The van der Waals surface area contributed by atoms with Crippen molar-refractivity contribution in [2.75, 3.05) is 26.1 Å². The molecule has 0 fully saturated rings. The molecule has 0 unspecified atom stereocenters. The van der Waals surface area contributed by atoms with Gasteiger partial charge >= 0.3 is 0 Å². The Hall–Kier alpha value is -5.37. The summed E-state index contributed by atoms with van der Waals surface area (Å²) in [6, 6.07) is 29.8. The second kappa shape index (κ2) is 13.7. The van der Waals surface area contributed by atoms with E-state index < -0.39 is 11.5 Å². The third-order valence-electron chi connectivity index (χ3n) is 7.50. The molecule has 0 spiro atoms. The van der Waals surface area contributed by atoms with Crippen molar-refractivity contribution >= 4 is 28.4 Å². The molecule has 0 saturated heterocycles. The van der Waals surface area contributed by atoms with Gasteiger partial charge in [-0.25, -0.2) is 0 Å². The summed E-state index contributed by atoms with van der Waals surface area (Å²) >= 11 is 0. The van der Waals surface area contributed by atoms with E-state index in [-0.39, 0.29) is 24.4 Å². The summed E-state index contributed by atoms with van der Waals surface area (Å²) in [4.78, 5) is 40.4. The molecular formula is C36H35N3O5. The molecule has 5 aromatic rings. The molecule has 224 valence electrons. The molecule has 8 heteroatoms. The summed E-state index contributed by atoms with van der Waals surface area (Å²) in [5.41, 5.74) is 4.65. The van der Waals surface area contributed by atoms with Crippen molar-refractivity contribution < 1.29 is 19.1 Å². The number of pyridine rings is 1. The van der Waals surface area contributed by atoms with Gasteiger partial charge in [-0.15, -0.1) is 0 Å². The van der Waals surface area contributed by atoms with Gasteiger partial charge in [0.05, 0.1) is 38.4 Å². The highest BCUT2D eigenvalue weighted by Crippen LogP contribution is 2.25. The van der Waals surface area contributed by atoms with Crippen molar-refractivity contribution in [1.82, 2.24) is 9.88 Å². The molecule has 0 aliphatic heterocycles. The number of benzene rings is 4. The Bertz CT molecular complexity index is 1830. The number of ether oxygens (including phenoxy) is 2. The zero-order valence-electron chi connectivity index (χ0n) is 25.1. The second-order valence-corrected chi connectivity index (χ2v) is 10.6. The van der Waals surface area contributed by atoms with Crippen LogP contribution in [0.4, 0.5) is 5.69 Å². The molecule has 8 nitrogen and oxygen atoms in total. The maximum Gasteiger partial charge on any atom is 0.264 e. The third-order valence-corrected chi connectivity index (χ3v) is 7.50. The topological polar surface area (TPSA) is 98.7 Å². The van der Waals surface area contributed by atoms with E-state index in [4.69, 9.17) is 9.47 Å². The lowest BCUT2D eigenvalue weighted by Crippen LogP contribution is -2.34. The van der Waals surface area contributed by atoms with Crippen LogP contribution in [0.15, 0.2) is 102 Å². The molecule has 0 atom stereocenters. The van der Waals surface area contributed by atoms with Crippen LogP contribution in [0.25, 0.3) is 10.9 Å². The molecule has 0 bridgehead atoms. The van der Waals surface area contributed by atoms with Gasteiger partial charge in [0.15, 0.2) is 0 Å². The molecule has 0 aliphatic carbocycles. The standard InChI is InChI=1S/C36H35N3O5/c1-24-7-9-25(10-8-24)19-20-37-35(41)31-22-30-32(38-34(40)21-26-11-15-28(43-2)16-12-26)5-4-6-33(30)39(36(31)42)23-27-13-17-29(44-3)18-14-27/h4-18,22H,19-21,23H2,1-3H3,(H,37,41)(H,38,40). The molecule has 0 aliphatic rings. The fourth-order valence-electron chi connectivity index (χ4n) is 5.04. The number of hydrogen-bond acceptors (Lipinski definition) is 5. The number of hydrogen-bond donors (Lipinski definition) is 2. The van der Waals surface area contributed by atoms with Crippen LogP contribution in [0.5, 0.6) is 11.5 Å². The van der Waals surface area contributed by atoms with Crippen molar-refractivity contribution in [3.8, 4) is 11.5 Å². The molecule has 0 radical (unpaired) electrons. The Balaban J connectivity index is 1.46. The number of methoxy groups -OCH3 is 2. The largest absolute Gasteiger partial charge is 0.497 e. The van der Waals surface area contributed by atoms with Crippen LogP contribution in [0, 0.1) is 6.92 Å². The van der Waals surface area contributed by atoms with Crippen molar-refractivity contribution in [3.05, 3.63) is 135 Å². The van der Waals surface area contributed by atoms with Crippen LogP contribution < -0.4 is 25.7 Å². The highest BCUT2D eigenvalue weighted by atomic mass is 16.5. The van der Waals surface area contributed by atoms with Crippen molar-refractivity contribution in [2.24, 2.45) is 0 Å². The lowest BCUT2D eigenvalue weighted by Gasteiger charge is -2.16. The van der Waals surface area contributed by atoms with Gasteiger partial charge in [0.1, 0.15) is 17.1 Å². The maximum atomic E-state index is 13.8. The van der Waals surface area contributed by atoms with Crippen molar-refractivity contribution in [1.29, 1.82) is 0 Å². The fraction of sp³-hybridized carbons (Fsp3) is 0.194. The smallest absolute Gasteiger partial charge is 0.264 e. The number of amides is 2. The molecule has 1 aromatic heterocycles. The quantitative estimate of drug-likeness (QED) is 0.211. The molecule has 1 heterocycles. The molecule has 44 heavy (non-hydrogen) atoms. The van der Waals surface area contributed by atoms with Gasteiger partial charge in [0.2, 0.25) is 5.91 Å². The van der Waals surface area contributed by atoms with Gasteiger partial charge in [-0.05, 0) is 72.5 Å². The van der Waals surface area contributed by atoms with Gasteiger partial charge in [-0.3, -0.25) is 14.4 Å². The lowest BCUT2D eigenvalue weighted by molar-refractivity contribution is -0.115. The highest BCUT2D eigenvalue weighted by Gasteiger charge is 2.18. The lowest BCUT2D eigenvalue weighted by atomic mass is 10.1. The Labute approximate surface area is 256 Å². The summed E-state index contributed by atoms with van der Waals surface area (Å²) in [6.45, 7) is 2.63. The first-order valence-electron chi connectivity index (χ1n) is 14.4. The number of aryl methyl sites for hydroxylation is 1. The number of nitrogens with zero attached hydrogens (tertiary/aromatic N) is 1. The Morgan fingerprint density at radius 3 is 2.02 bits per heavy atom. The van der Waals surface area contributed by atoms with E-state index in [2.05, 4.69) is 10.6 Å². The van der Waals surface area contributed by atoms with Crippen LogP contribution in [0.3, 0.4) is 0 Å². The normalized spacial score (nSPS) is 10.8. The SMILES string of the molecule is COc1ccc(CC(=O)Nc2cccc3c2cc(C(=O)NCCc2ccc(C)cc2)c(=O)n3Cc2ccc(OC)cc2)cc1. The molecule has 2 amide bonds. The van der Waals surface area contributed by atoms with Crippen LogP contribution in [0.2, 0.25) is 0 Å². The fourth-order valence-corrected chi connectivity index (χ4v) is 5.04. The molecule has 2 N–H and O–H groups in total. The number of anilines is 1. The van der Waals surface area contributed by atoms with E-state index in [1.165, 1.54) is 5.56 Å². The summed E-state index contributed by atoms with van der Waals surface area (Å²) < 4.78 is 12.1. The Kier molecular flexibility index (Phi) is 9.40. The van der Waals surface area contributed by atoms with Gasteiger partial charge in [-0.2, -0.15) is 0 Å². The highest BCUT2D eigenvalue weighted by molar-refractivity contribution is 6.05. The first-order valence-corrected chi connectivity index (χ1v) is 14.4. The molecule has 0 saturated carbocycles. The van der Waals surface area contributed by atoms with Crippen LogP contribution in [-0.4, -0.2) is 37.1 Å². The third kappa shape index (κ3) is 7.15. The minimum Gasteiger partial charge on any atom is -0.497 e. The number of fused-ring (bicyclic) bond motifs is 1. The Morgan fingerprint density at radius 2 is 1.39 bits per heavy atom. The van der Waals surface area contributed by atoms with E-state index in [9.17, 15) is 14.4 Å². The number of nitrogens with one attached hydrogen (secondary N) is 2. The van der Waals surface area contributed by atoms with Crippen LogP contribution in [-0.2, 0) is 24.2 Å². The minimum absolute atomic E-state index is 0.00627. The number of aromatic nitrogens is 1. The molecule has 4 aromatic carbocycles. The van der Waals surface area contributed by atoms with E-state index in [0.29, 0.717) is 41.1 Å². The van der Waals surface area contributed by atoms with Crippen LogP contribution >= 0.6 is 0 Å². The van der Waals surface area contributed by atoms with E-state index >= 15 is 0 Å². The van der Waals surface area contributed by atoms with Gasteiger partial charge in [0, 0.05) is 11.9 Å². The average molecular weight is 590 g/mol. The zero-order valence-corrected chi connectivity index (χ0v) is 25.1. The number of carbonyl (C=O) groups is 2.